The van der Waals surface area contributed by atoms with Crippen molar-refractivity contribution in [2.24, 2.45) is 0 Å². The van der Waals surface area contributed by atoms with Crippen molar-refractivity contribution in [2.45, 2.75) is 50.7 Å². The van der Waals surface area contributed by atoms with E-state index in [1.54, 1.807) is 12.0 Å². The lowest BCUT2D eigenvalue weighted by molar-refractivity contribution is -0.160. The van der Waals surface area contributed by atoms with Gasteiger partial charge < -0.3 is 14.5 Å². The Morgan fingerprint density at radius 1 is 1.03 bits per heavy atom. The molecule has 2 amide bonds. The van der Waals surface area contributed by atoms with Gasteiger partial charge in [-0.1, -0.05) is 55.1 Å². The molecule has 1 saturated heterocycles. The van der Waals surface area contributed by atoms with Crippen LogP contribution in [0.4, 0.5) is 0 Å². The van der Waals surface area contributed by atoms with Crippen molar-refractivity contribution in [3.63, 3.8) is 0 Å². The van der Waals surface area contributed by atoms with Crippen molar-refractivity contribution in [1.82, 2.24) is 9.80 Å². The van der Waals surface area contributed by atoms with Crippen LogP contribution in [0, 0.1) is 0 Å². The number of piperazine rings is 1. The molecule has 1 saturated carbocycles. The van der Waals surface area contributed by atoms with Crippen LogP contribution in [0.25, 0.3) is 0 Å². The zero-order chi connectivity index (χ0) is 21.1. The van der Waals surface area contributed by atoms with E-state index < -0.39 is 6.04 Å². The van der Waals surface area contributed by atoms with E-state index in [1.807, 2.05) is 53.4 Å². The number of hydrogen-bond donors (Lipinski definition) is 0. The van der Waals surface area contributed by atoms with Crippen molar-refractivity contribution in [1.29, 1.82) is 0 Å². The second-order valence-electron chi connectivity index (χ2n) is 8.09. The fraction of sp³-hybridized carbons (Fsp3) is 0.417. The van der Waals surface area contributed by atoms with Crippen molar-refractivity contribution >= 4 is 23.4 Å². The number of halogens is 1. The Bertz CT molecular complexity index is 909. The zero-order valence-electron chi connectivity index (χ0n) is 17.2. The summed E-state index contributed by atoms with van der Waals surface area (Å²) in [5, 5.41) is 0.646. The third-order valence-corrected chi connectivity index (χ3v) is 6.40. The summed E-state index contributed by atoms with van der Waals surface area (Å²) in [4.78, 5) is 30.5. The monoisotopic (exact) mass is 426 g/mol. The van der Waals surface area contributed by atoms with Gasteiger partial charge in [0.05, 0.1) is 7.11 Å². The summed E-state index contributed by atoms with van der Waals surface area (Å²) in [6.07, 6.45) is 5.37. The standard InChI is InChI=1S/C24H27ClN2O3/c1-30-21-9-5-6-18(14-21)23-24(29)26(20-7-3-2-4-8-20)16-22(28)27(23)15-17-10-12-19(25)13-11-17/h5-6,9-14,20,23H,2-4,7-8,15-16H2,1H3. The Kier molecular flexibility index (Phi) is 6.28. The lowest BCUT2D eigenvalue weighted by Gasteiger charge is -2.44. The molecule has 0 aromatic heterocycles. The predicted molar refractivity (Wildman–Crippen MR) is 116 cm³/mol. The van der Waals surface area contributed by atoms with Gasteiger partial charge in [-0.05, 0) is 48.2 Å². The number of carbonyl (C=O) groups is 2. The second-order valence-corrected chi connectivity index (χ2v) is 8.52. The number of carbonyl (C=O) groups excluding carboxylic acids is 2. The van der Waals surface area contributed by atoms with E-state index in [-0.39, 0.29) is 24.4 Å². The molecule has 158 valence electrons. The van der Waals surface area contributed by atoms with E-state index in [0.29, 0.717) is 17.3 Å². The molecule has 1 aliphatic carbocycles. The van der Waals surface area contributed by atoms with Crippen molar-refractivity contribution < 1.29 is 14.3 Å². The van der Waals surface area contributed by atoms with Crippen LogP contribution in [0.3, 0.4) is 0 Å². The van der Waals surface area contributed by atoms with Crippen molar-refractivity contribution in [3.05, 3.63) is 64.7 Å². The zero-order valence-corrected chi connectivity index (χ0v) is 18.0. The largest absolute Gasteiger partial charge is 0.497 e. The van der Waals surface area contributed by atoms with Crippen LogP contribution >= 0.6 is 11.6 Å². The fourth-order valence-corrected chi connectivity index (χ4v) is 4.68. The first-order chi connectivity index (χ1) is 14.6. The maximum Gasteiger partial charge on any atom is 0.250 e. The molecule has 0 bridgehead atoms. The van der Waals surface area contributed by atoms with Crippen LogP contribution in [0.2, 0.25) is 5.02 Å². The van der Waals surface area contributed by atoms with Gasteiger partial charge in [0.15, 0.2) is 0 Å². The molecule has 1 heterocycles. The van der Waals surface area contributed by atoms with Gasteiger partial charge in [0, 0.05) is 17.6 Å². The van der Waals surface area contributed by atoms with Gasteiger partial charge >= 0.3 is 0 Å². The van der Waals surface area contributed by atoms with Crippen LogP contribution in [0.15, 0.2) is 48.5 Å². The number of ether oxygens (including phenoxy) is 1. The van der Waals surface area contributed by atoms with E-state index >= 15 is 0 Å². The van der Waals surface area contributed by atoms with Crippen molar-refractivity contribution in [2.75, 3.05) is 13.7 Å². The summed E-state index contributed by atoms with van der Waals surface area (Å²) >= 11 is 6.01. The molecule has 30 heavy (non-hydrogen) atoms. The summed E-state index contributed by atoms with van der Waals surface area (Å²) in [7, 11) is 1.60. The molecule has 2 aromatic carbocycles. The highest BCUT2D eigenvalue weighted by Gasteiger charge is 2.43. The summed E-state index contributed by atoms with van der Waals surface area (Å²) in [5.74, 6) is 0.653. The molecular weight excluding hydrogens is 400 g/mol. The average Bonchev–Trinajstić information content (AvgIpc) is 2.78. The maximum atomic E-state index is 13.7. The molecule has 1 aliphatic heterocycles. The van der Waals surface area contributed by atoms with E-state index in [9.17, 15) is 9.59 Å². The highest BCUT2D eigenvalue weighted by Crippen LogP contribution is 2.34. The number of hydrogen-bond acceptors (Lipinski definition) is 3. The minimum Gasteiger partial charge on any atom is -0.497 e. The van der Waals surface area contributed by atoms with E-state index in [2.05, 4.69) is 0 Å². The molecule has 2 aliphatic rings. The number of amides is 2. The number of benzene rings is 2. The highest BCUT2D eigenvalue weighted by atomic mass is 35.5. The molecule has 0 N–H and O–H groups in total. The van der Waals surface area contributed by atoms with E-state index in [4.69, 9.17) is 16.3 Å². The van der Waals surface area contributed by atoms with Crippen LogP contribution < -0.4 is 4.74 Å². The van der Waals surface area contributed by atoms with E-state index in [0.717, 1.165) is 36.8 Å². The second kappa shape index (κ2) is 9.09. The van der Waals surface area contributed by atoms with Crippen LogP contribution in [-0.4, -0.2) is 41.3 Å². The fourth-order valence-electron chi connectivity index (χ4n) is 4.55. The van der Waals surface area contributed by atoms with Crippen molar-refractivity contribution in [3.8, 4) is 5.75 Å². The van der Waals surface area contributed by atoms with Gasteiger partial charge in [0.2, 0.25) is 5.91 Å². The molecular formula is C24H27ClN2O3. The summed E-state index contributed by atoms with van der Waals surface area (Å²) in [5.41, 5.74) is 1.72. The quantitative estimate of drug-likeness (QED) is 0.702. The summed E-state index contributed by atoms with van der Waals surface area (Å²) in [6.45, 7) is 0.514. The van der Waals surface area contributed by atoms with Crippen LogP contribution in [0.5, 0.6) is 5.75 Å². The molecule has 0 spiro atoms. The van der Waals surface area contributed by atoms with Crippen LogP contribution in [0.1, 0.15) is 49.3 Å². The Morgan fingerprint density at radius 2 is 1.77 bits per heavy atom. The maximum absolute atomic E-state index is 13.7. The van der Waals surface area contributed by atoms with Gasteiger partial charge in [-0.15, -0.1) is 0 Å². The molecule has 1 atom stereocenters. The Balaban J connectivity index is 1.68. The van der Waals surface area contributed by atoms with Gasteiger partial charge in [-0.2, -0.15) is 0 Å². The third-order valence-electron chi connectivity index (χ3n) is 6.15. The van der Waals surface area contributed by atoms with Gasteiger partial charge in [-0.25, -0.2) is 0 Å². The highest BCUT2D eigenvalue weighted by molar-refractivity contribution is 6.30. The van der Waals surface area contributed by atoms with E-state index in [1.165, 1.54) is 6.42 Å². The topological polar surface area (TPSA) is 49.9 Å². The molecule has 1 unspecified atom stereocenters. The average molecular weight is 427 g/mol. The van der Waals surface area contributed by atoms with Gasteiger partial charge in [-0.3, -0.25) is 9.59 Å². The lowest BCUT2D eigenvalue weighted by atomic mass is 9.91. The molecule has 2 aromatic rings. The molecule has 4 rings (SSSR count). The summed E-state index contributed by atoms with van der Waals surface area (Å²) in [6, 6.07) is 14.4. The predicted octanol–water partition coefficient (Wildman–Crippen LogP) is 4.59. The number of rotatable bonds is 5. The van der Waals surface area contributed by atoms with Crippen LogP contribution in [-0.2, 0) is 16.1 Å². The minimum atomic E-state index is -0.654. The van der Waals surface area contributed by atoms with Gasteiger partial charge in [0.1, 0.15) is 18.3 Å². The molecule has 6 heteroatoms. The Hall–Kier alpha value is -2.53. The first kappa shape index (κ1) is 20.7. The summed E-state index contributed by atoms with van der Waals surface area (Å²) < 4.78 is 5.37. The molecule has 5 nitrogen and oxygen atoms in total. The Morgan fingerprint density at radius 3 is 2.47 bits per heavy atom. The first-order valence-electron chi connectivity index (χ1n) is 10.5. The number of nitrogens with zero attached hydrogens (tertiary/aromatic N) is 2. The molecule has 2 fully saturated rings. The van der Waals surface area contributed by atoms with Gasteiger partial charge in [0.25, 0.3) is 5.91 Å². The minimum absolute atomic E-state index is 0.00344. The Labute approximate surface area is 182 Å². The first-order valence-corrected chi connectivity index (χ1v) is 10.9. The third kappa shape index (κ3) is 4.31. The lowest BCUT2D eigenvalue weighted by Crippen LogP contribution is -2.58. The number of methoxy groups -OCH3 is 1. The normalized spacial score (nSPS) is 20.5. The smallest absolute Gasteiger partial charge is 0.250 e. The SMILES string of the molecule is COc1cccc(C2C(=O)N(C3CCCCC3)CC(=O)N2Cc2ccc(Cl)cc2)c1. The molecule has 0 radical (unpaired) electrons.